The molecule has 0 aromatic heterocycles. The van der Waals surface area contributed by atoms with E-state index >= 15 is 0 Å². The Morgan fingerprint density at radius 3 is 2.63 bits per heavy atom. The summed E-state index contributed by atoms with van der Waals surface area (Å²) in [5, 5.41) is 2.34. The number of hydrazine groups is 1. The lowest BCUT2D eigenvalue weighted by Gasteiger charge is -2.25. The zero-order valence-corrected chi connectivity index (χ0v) is 11.1. The minimum atomic E-state index is 0.295. The highest BCUT2D eigenvalue weighted by Gasteiger charge is 2.17. The van der Waals surface area contributed by atoms with Gasteiger partial charge in [-0.15, -0.1) is 0 Å². The smallest absolute Gasteiger partial charge is 0.0648 e. The predicted molar refractivity (Wildman–Crippen MR) is 80.4 cm³/mol. The molecule has 1 unspecified atom stereocenters. The molecule has 0 bridgehead atoms. The zero-order valence-electron chi connectivity index (χ0n) is 11.1. The quantitative estimate of drug-likeness (QED) is 0.889. The number of nitrogens with zero attached hydrogens (tertiary/aromatic N) is 1. The van der Waals surface area contributed by atoms with E-state index in [0.29, 0.717) is 6.04 Å². The van der Waals surface area contributed by atoms with Crippen LogP contribution in [-0.4, -0.2) is 24.1 Å². The molecule has 19 heavy (non-hydrogen) atoms. The summed E-state index contributed by atoms with van der Waals surface area (Å²) in [5.41, 5.74) is 6.19. The van der Waals surface area contributed by atoms with Crippen LogP contribution >= 0.6 is 0 Å². The minimum absolute atomic E-state index is 0.295. The maximum Gasteiger partial charge on any atom is 0.0648 e. The normalized spacial score (nSPS) is 25.3. The number of benzene rings is 1. The summed E-state index contributed by atoms with van der Waals surface area (Å²) in [4.78, 5) is 0. The Balaban J connectivity index is 1.76. The lowest BCUT2D eigenvalue weighted by molar-refractivity contribution is 0.226. The van der Waals surface area contributed by atoms with E-state index in [1.165, 1.54) is 24.0 Å². The van der Waals surface area contributed by atoms with Crippen molar-refractivity contribution in [1.82, 2.24) is 10.4 Å². The van der Waals surface area contributed by atoms with E-state index < -0.39 is 0 Å². The fourth-order valence-corrected chi connectivity index (χ4v) is 2.60. The molecule has 0 spiro atoms. The summed E-state index contributed by atoms with van der Waals surface area (Å²) in [5.74, 6) is 0. The van der Waals surface area contributed by atoms with Gasteiger partial charge in [0.1, 0.15) is 0 Å². The Labute approximate surface area is 115 Å². The van der Waals surface area contributed by atoms with Gasteiger partial charge in [0.25, 0.3) is 0 Å². The van der Waals surface area contributed by atoms with E-state index in [9.17, 15) is 0 Å². The lowest BCUT2D eigenvalue weighted by Crippen LogP contribution is -2.43. The second kappa shape index (κ2) is 6.00. The van der Waals surface area contributed by atoms with Crippen LogP contribution in [0.4, 0.5) is 0 Å². The molecule has 0 saturated carbocycles. The maximum atomic E-state index is 3.62. The van der Waals surface area contributed by atoms with Crippen LogP contribution in [0.15, 0.2) is 60.2 Å². The SMILES string of the molecule is C1=CC(=Cc2ccccc2)C(NN2CCCC2)C=C1. The summed E-state index contributed by atoms with van der Waals surface area (Å²) < 4.78 is 0. The minimum Gasteiger partial charge on any atom is -0.244 e. The summed E-state index contributed by atoms with van der Waals surface area (Å²) in [7, 11) is 0. The second-order valence-electron chi connectivity index (χ2n) is 5.10. The summed E-state index contributed by atoms with van der Waals surface area (Å²) in [6.07, 6.45) is 13.5. The lowest BCUT2D eigenvalue weighted by atomic mass is 10.00. The topological polar surface area (TPSA) is 15.3 Å². The Morgan fingerprint density at radius 2 is 1.84 bits per heavy atom. The van der Waals surface area contributed by atoms with Gasteiger partial charge in [0.05, 0.1) is 6.04 Å². The largest absolute Gasteiger partial charge is 0.244 e. The van der Waals surface area contributed by atoms with Gasteiger partial charge in [0.2, 0.25) is 0 Å². The van der Waals surface area contributed by atoms with Crippen LogP contribution in [-0.2, 0) is 0 Å². The van der Waals surface area contributed by atoms with Crippen LogP contribution < -0.4 is 5.43 Å². The van der Waals surface area contributed by atoms with E-state index in [2.05, 4.69) is 71.1 Å². The molecule has 0 amide bonds. The van der Waals surface area contributed by atoms with Gasteiger partial charge in [-0.05, 0) is 30.1 Å². The third kappa shape index (κ3) is 3.22. The first-order chi connectivity index (χ1) is 9.42. The Morgan fingerprint density at radius 1 is 1.05 bits per heavy atom. The molecule has 1 aliphatic carbocycles. The van der Waals surface area contributed by atoms with Gasteiger partial charge in [-0.3, -0.25) is 0 Å². The van der Waals surface area contributed by atoms with Crippen molar-refractivity contribution >= 4 is 6.08 Å². The van der Waals surface area contributed by atoms with Crippen molar-refractivity contribution in [1.29, 1.82) is 0 Å². The fourth-order valence-electron chi connectivity index (χ4n) is 2.60. The van der Waals surface area contributed by atoms with Crippen molar-refractivity contribution in [2.24, 2.45) is 0 Å². The van der Waals surface area contributed by atoms with E-state index in [1.54, 1.807) is 0 Å². The number of hydrogen-bond acceptors (Lipinski definition) is 2. The van der Waals surface area contributed by atoms with Gasteiger partial charge in [-0.2, -0.15) is 0 Å². The van der Waals surface area contributed by atoms with Crippen molar-refractivity contribution in [2.45, 2.75) is 18.9 Å². The van der Waals surface area contributed by atoms with Gasteiger partial charge < -0.3 is 0 Å². The van der Waals surface area contributed by atoms with E-state index in [1.807, 2.05) is 0 Å². The van der Waals surface area contributed by atoms with Crippen molar-refractivity contribution in [3.05, 3.63) is 65.8 Å². The molecule has 1 heterocycles. The molecule has 3 rings (SSSR count). The van der Waals surface area contributed by atoms with Gasteiger partial charge in [-0.25, -0.2) is 10.4 Å². The van der Waals surface area contributed by atoms with Gasteiger partial charge in [0.15, 0.2) is 0 Å². The fraction of sp³-hybridized carbons (Fsp3) is 0.294. The average molecular weight is 252 g/mol. The van der Waals surface area contributed by atoms with Gasteiger partial charge in [-0.1, -0.05) is 54.6 Å². The van der Waals surface area contributed by atoms with E-state index in [-0.39, 0.29) is 0 Å². The molecule has 2 heteroatoms. The average Bonchev–Trinajstić information content (AvgIpc) is 2.95. The molecule has 98 valence electrons. The molecule has 2 aliphatic rings. The second-order valence-corrected chi connectivity index (χ2v) is 5.10. The highest BCUT2D eigenvalue weighted by Crippen LogP contribution is 2.17. The molecule has 1 fully saturated rings. The van der Waals surface area contributed by atoms with Gasteiger partial charge in [0, 0.05) is 13.1 Å². The molecule has 1 aliphatic heterocycles. The number of rotatable bonds is 3. The Kier molecular flexibility index (Phi) is 3.92. The Bertz CT molecular complexity index is 493. The standard InChI is InChI=1S/C17H20N2/c1-2-8-15(9-3-1)14-16-10-4-5-11-17(16)18-19-12-6-7-13-19/h1-5,8-11,14,17-18H,6-7,12-13H2. The first kappa shape index (κ1) is 12.4. The molecular formula is C17H20N2. The first-order valence-corrected chi connectivity index (χ1v) is 7.04. The molecule has 1 saturated heterocycles. The molecule has 2 nitrogen and oxygen atoms in total. The van der Waals surface area contributed by atoms with Crippen LogP contribution in [0.5, 0.6) is 0 Å². The zero-order chi connectivity index (χ0) is 12.9. The van der Waals surface area contributed by atoms with Crippen LogP contribution in [0.3, 0.4) is 0 Å². The van der Waals surface area contributed by atoms with Crippen LogP contribution in [0.2, 0.25) is 0 Å². The highest BCUT2D eigenvalue weighted by atomic mass is 15.5. The van der Waals surface area contributed by atoms with Crippen molar-refractivity contribution in [3.63, 3.8) is 0 Å². The van der Waals surface area contributed by atoms with E-state index in [4.69, 9.17) is 0 Å². The van der Waals surface area contributed by atoms with Crippen molar-refractivity contribution in [3.8, 4) is 0 Å². The van der Waals surface area contributed by atoms with Crippen LogP contribution in [0.1, 0.15) is 18.4 Å². The summed E-state index contributed by atoms with van der Waals surface area (Å²) in [6.45, 7) is 2.32. The maximum absolute atomic E-state index is 3.62. The number of nitrogens with one attached hydrogen (secondary N) is 1. The van der Waals surface area contributed by atoms with Crippen molar-refractivity contribution < 1.29 is 0 Å². The number of allylic oxidation sites excluding steroid dienone is 2. The predicted octanol–water partition coefficient (Wildman–Crippen LogP) is 3.17. The van der Waals surface area contributed by atoms with Crippen LogP contribution in [0, 0.1) is 0 Å². The van der Waals surface area contributed by atoms with Gasteiger partial charge >= 0.3 is 0 Å². The van der Waals surface area contributed by atoms with Crippen LogP contribution in [0.25, 0.3) is 6.08 Å². The monoisotopic (exact) mass is 252 g/mol. The number of hydrogen-bond donors (Lipinski definition) is 1. The summed E-state index contributed by atoms with van der Waals surface area (Å²) in [6, 6.07) is 10.8. The molecule has 0 radical (unpaired) electrons. The Hall–Kier alpha value is -1.64. The third-order valence-electron chi connectivity index (χ3n) is 3.62. The highest BCUT2D eigenvalue weighted by molar-refractivity contribution is 5.59. The van der Waals surface area contributed by atoms with Crippen molar-refractivity contribution in [2.75, 3.05) is 13.1 Å². The molecule has 1 aromatic carbocycles. The summed E-state index contributed by atoms with van der Waals surface area (Å²) >= 11 is 0. The van der Waals surface area contributed by atoms with E-state index in [0.717, 1.165) is 13.1 Å². The third-order valence-corrected chi connectivity index (χ3v) is 3.62. The first-order valence-electron chi connectivity index (χ1n) is 7.04. The molecule has 1 atom stereocenters. The molecule has 1 aromatic rings. The molecular weight excluding hydrogens is 232 g/mol. The molecule has 1 N–H and O–H groups in total.